The molecule has 1 aliphatic heterocycles. The van der Waals surface area contributed by atoms with Crippen LogP contribution in [0.1, 0.15) is 37.4 Å². The molecule has 2 aromatic carbocycles. The lowest BCUT2D eigenvalue weighted by Crippen LogP contribution is -2.42. The summed E-state index contributed by atoms with van der Waals surface area (Å²) in [6.07, 6.45) is 0.698. The van der Waals surface area contributed by atoms with Crippen LogP contribution >= 0.6 is 0 Å². The number of carbonyl (C=O) groups excluding carboxylic acids is 1. The molecule has 3 rings (SSSR count). The van der Waals surface area contributed by atoms with E-state index in [9.17, 15) is 4.79 Å². The molecule has 0 saturated carbocycles. The van der Waals surface area contributed by atoms with Crippen molar-refractivity contribution in [2.24, 2.45) is 0 Å². The van der Waals surface area contributed by atoms with Gasteiger partial charge in [-0.2, -0.15) is 0 Å². The van der Waals surface area contributed by atoms with E-state index in [0.717, 1.165) is 16.9 Å². The van der Waals surface area contributed by atoms with Crippen LogP contribution in [0.25, 0.3) is 0 Å². The fraction of sp³-hybridized carbons (Fsp3) is 0.381. The van der Waals surface area contributed by atoms with Gasteiger partial charge in [-0.3, -0.25) is 4.79 Å². The SMILES string of the molecule is COc1ccccc1OCC(=O)N[C@H]1CC(C)(C)Oc2ccc(C)cc21. The molecule has 2 aromatic rings. The molecule has 0 fully saturated rings. The van der Waals surface area contributed by atoms with Gasteiger partial charge in [-0.15, -0.1) is 0 Å². The molecule has 1 heterocycles. The zero-order valence-corrected chi connectivity index (χ0v) is 15.7. The van der Waals surface area contributed by atoms with E-state index in [0.29, 0.717) is 17.9 Å². The predicted molar refractivity (Wildman–Crippen MR) is 99.9 cm³/mol. The van der Waals surface area contributed by atoms with Gasteiger partial charge in [0.2, 0.25) is 0 Å². The predicted octanol–water partition coefficient (Wildman–Crippen LogP) is 3.80. The van der Waals surface area contributed by atoms with Gasteiger partial charge in [0.1, 0.15) is 11.4 Å². The van der Waals surface area contributed by atoms with Gasteiger partial charge in [-0.1, -0.05) is 29.8 Å². The molecule has 0 saturated heterocycles. The lowest BCUT2D eigenvalue weighted by Gasteiger charge is -2.38. The summed E-state index contributed by atoms with van der Waals surface area (Å²) in [6.45, 7) is 6.02. The van der Waals surface area contributed by atoms with Crippen molar-refractivity contribution in [1.29, 1.82) is 0 Å². The Labute approximate surface area is 154 Å². The Bertz CT molecular complexity index is 800. The highest BCUT2D eigenvalue weighted by atomic mass is 16.5. The van der Waals surface area contributed by atoms with Crippen LogP contribution in [0.15, 0.2) is 42.5 Å². The first-order valence-corrected chi connectivity index (χ1v) is 8.73. The van der Waals surface area contributed by atoms with E-state index in [4.69, 9.17) is 14.2 Å². The lowest BCUT2D eigenvalue weighted by atomic mass is 9.89. The molecule has 5 heteroatoms. The van der Waals surface area contributed by atoms with Gasteiger partial charge in [0.25, 0.3) is 5.91 Å². The Hall–Kier alpha value is -2.69. The third kappa shape index (κ3) is 4.10. The number of rotatable bonds is 5. The standard InChI is InChI=1S/C21H25NO4/c1-14-9-10-17-15(11-14)16(12-21(2,3)26-17)22-20(23)13-25-19-8-6-5-7-18(19)24-4/h5-11,16H,12-13H2,1-4H3,(H,22,23)/t16-/m0/s1. The van der Waals surface area contributed by atoms with Crippen LogP contribution in [0, 0.1) is 6.92 Å². The van der Waals surface area contributed by atoms with E-state index in [-0.39, 0.29) is 24.2 Å². The number of nitrogens with one attached hydrogen (secondary N) is 1. The normalized spacial score (nSPS) is 17.6. The smallest absolute Gasteiger partial charge is 0.258 e. The Morgan fingerprint density at radius 3 is 2.69 bits per heavy atom. The van der Waals surface area contributed by atoms with E-state index in [1.54, 1.807) is 19.2 Å². The maximum absolute atomic E-state index is 12.5. The minimum atomic E-state index is -0.344. The number of benzene rings is 2. The second kappa shape index (κ2) is 7.28. The van der Waals surface area contributed by atoms with Crippen molar-refractivity contribution in [3.05, 3.63) is 53.6 Å². The topological polar surface area (TPSA) is 56.8 Å². The van der Waals surface area contributed by atoms with Gasteiger partial charge in [-0.05, 0) is 39.0 Å². The monoisotopic (exact) mass is 355 g/mol. The molecule has 0 radical (unpaired) electrons. The molecule has 1 aliphatic rings. The fourth-order valence-electron chi connectivity index (χ4n) is 3.22. The summed E-state index contributed by atoms with van der Waals surface area (Å²) in [5.41, 5.74) is 1.80. The summed E-state index contributed by atoms with van der Waals surface area (Å²) in [5.74, 6) is 1.80. The van der Waals surface area contributed by atoms with E-state index in [1.807, 2.05) is 45.0 Å². The van der Waals surface area contributed by atoms with E-state index in [2.05, 4.69) is 11.4 Å². The summed E-state index contributed by atoms with van der Waals surface area (Å²) in [4.78, 5) is 12.5. The van der Waals surface area contributed by atoms with Gasteiger partial charge in [0.05, 0.1) is 13.2 Å². The van der Waals surface area contributed by atoms with Gasteiger partial charge < -0.3 is 19.5 Å². The zero-order chi connectivity index (χ0) is 18.7. The van der Waals surface area contributed by atoms with Crippen molar-refractivity contribution in [2.45, 2.75) is 38.8 Å². The highest BCUT2D eigenvalue weighted by Crippen LogP contribution is 2.39. The highest BCUT2D eigenvalue weighted by Gasteiger charge is 2.34. The Kier molecular flexibility index (Phi) is 5.07. The van der Waals surface area contributed by atoms with Gasteiger partial charge in [0, 0.05) is 12.0 Å². The summed E-state index contributed by atoms with van der Waals surface area (Å²) >= 11 is 0. The van der Waals surface area contributed by atoms with Crippen LogP contribution in [0.5, 0.6) is 17.2 Å². The molecule has 0 bridgehead atoms. The minimum Gasteiger partial charge on any atom is -0.493 e. The molecule has 1 amide bonds. The van der Waals surface area contributed by atoms with Crippen molar-refractivity contribution in [3.63, 3.8) is 0 Å². The van der Waals surface area contributed by atoms with Crippen molar-refractivity contribution < 1.29 is 19.0 Å². The molecule has 1 atom stereocenters. The maximum Gasteiger partial charge on any atom is 0.258 e. The Balaban J connectivity index is 1.70. The van der Waals surface area contributed by atoms with Crippen molar-refractivity contribution >= 4 is 5.91 Å². The first-order valence-electron chi connectivity index (χ1n) is 8.73. The largest absolute Gasteiger partial charge is 0.493 e. The first-order chi connectivity index (χ1) is 12.4. The summed E-state index contributed by atoms with van der Waals surface area (Å²) in [7, 11) is 1.58. The van der Waals surface area contributed by atoms with Crippen LogP contribution in [0.3, 0.4) is 0 Å². The quantitative estimate of drug-likeness (QED) is 0.886. The van der Waals surface area contributed by atoms with Gasteiger partial charge in [0.15, 0.2) is 18.1 Å². The summed E-state index contributed by atoms with van der Waals surface area (Å²) in [6, 6.07) is 13.2. The van der Waals surface area contributed by atoms with Crippen LogP contribution in [0.2, 0.25) is 0 Å². The number of amides is 1. The maximum atomic E-state index is 12.5. The fourth-order valence-corrected chi connectivity index (χ4v) is 3.22. The van der Waals surface area contributed by atoms with Crippen LogP contribution in [0.4, 0.5) is 0 Å². The summed E-state index contributed by atoms with van der Waals surface area (Å²) in [5, 5.41) is 3.08. The number of aryl methyl sites for hydroxylation is 1. The number of methoxy groups -OCH3 is 1. The average molecular weight is 355 g/mol. The molecular weight excluding hydrogens is 330 g/mol. The van der Waals surface area contributed by atoms with Crippen molar-refractivity contribution in [3.8, 4) is 17.2 Å². The zero-order valence-electron chi connectivity index (χ0n) is 15.7. The second-order valence-corrected chi connectivity index (χ2v) is 7.17. The molecule has 138 valence electrons. The van der Waals surface area contributed by atoms with E-state index < -0.39 is 0 Å². The molecule has 26 heavy (non-hydrogen) atoms. The molecule has 0 unspecified atom stereocenters. The summed E-state index contributed by atoms with van der Waals surface area (Å²) < 4.78 is 16.9. The number of para-hydroxylation sites is 2. The molecular formula is C21H25NO4. The number of hydrogen-bond acceptors (Lipinski definition) is 4. The highest BCUT2D eigenvalue weighted by molar-refractivity contribution is 5.78. The van der Waals surface area contributed by atoms with Crippen LogP contribution in [-0.2, 0) is 4.79 Å². The van der Waals surface area contributed by atoms with Crippen LogP contribution in [-0.4, -0.2) is 25.2 Å². The van der Waals surface area contributed by atoms with E-state index >= 15 is 0 Å². The molecule has 1 N–H and O–H groups in total. The molecule has 0 aromatic heterocycles. The number of hydrogen-bond donors (Lipinski definition) is 1. The number of fused-ring (bicyclic) bond motifs is 1. The van der Waals surface area contributed by atoms with Crippen molar-refractivity contribution in [2.75, 3.05) is 13.7 Å². The number of carbonyl (C=O) groups is 1. The third-order valence-electron chi connectivity index (χ3n) is 4.39. The number of ether oxygens (including phenoxy) is 3. The average Bonchev–Trinajstić information content (AvgIpc) is 2.60. The Morgan fingerprint density at radius 1 is 1.23 bits per heavy atom. The third-order valence-corrected chi connectivity index (χ3v) is 4.39. The van der Waals surface area contributed by atoms with Gasteiger partial charge in [-0.25, -0.2) is 0 Å². The van der Waals surface area contributed by atoms with E-state index in [1.165, 1.54) is 0 Å². The second-order valence-electron chi connectivity index (χ2n) is 7.17. The molecule has 0 spiro atoms. The molecule has 0 aliphatic carbocycles. The Morgan fingerprint density at radius 2 is 1.96 bits per heavy atom. The van der Waals surface area contributed by atoms with Gasteiger partial charge >= 0.3 is 0 Å². The molecule has 5 nitrogen and oxygen atoms in total. The minimum absolute atomic E-state index is 0.0701. The lowest BCUT2D eigenvalue weighted by molar-refractivity contribution is -0.124. The van der Waals surface area contributed by atoms with Crippen molar-refractivity contribution in [1.82, 2.24) is 5.32 Å². The first kappa shape index (κ1) is 18.1. The van der Waals surface area contributed by atoms with Crippen LogP contribution < -0.4 is 19.5 Å².